The van der Waals surface area contributed by atoms with Crippen LogP contribution in [-0.4, -0.2) is 25.7 Å². The number of carbonyl (C=O) groups is 1. The second-order valence-electron chi connectivity index (χ2n) is 6.79. The molecule has 1 aliphatic rings. The first kappa shape index (κ1) is 18.1. The lowest BCUT2D eigenvalue weighted by Crippen LogP contribution is -2.35. The van der Waals surface area contributed by atoms with Crippen LogP contribution in [0, 0.1) is 12.8 Å². The molecule has 5 heteroatoms. The van der Waals surface area contributed by atoms with E-state index in [1.54, 1.807) is 0 Å². The van der Waals surface area contributed by atoms with Gasteiger partial charge in [-0.25, -0.2) is 0 Å². The van der Waals surface area contributed by atoms with Crippen LogP contribution in [0.15, 0.2) is 42.5 Å². The highest BCUT2D eigenvalue weighted by atomic mass is 16.6. The summed E-state index contributed by atoms with van der Waals surface area (Å²) in [6.45, 7) is 7.24. The van der Waals surface area contributed by atoms with Gasteiger partial charge in [-0.2, -0.15) is 0 Å². The second kappa shape index (κ2) is 8.13. The lowest BCUT2D eigenvalue weighted by Gasteiger charge is -2.25. The molecule has 1 aliphatic heterocycles. The average Bonchev–Trinajstić information content (AvgIpc) is 2.65. The highest BCUT2D eigenvalue weighted by Gasteiger charge is 2.21. The number of hydrogen-bond donors (Lipinski definition) is 1. The van der Waals surface area contributed by atoms with E-state index in [1.165, 1.54) is 0 Å². The summed E-state index contributed by atoms with van der Waals surface area (Å²) in [4.78, 5) is 12.4. The highest BCUT2D eigenvalue weighted by molar-refractivity contribution is 5.78. The van der Waals surface area contributed by atoms with Gasteiger partial charge in [-0.15, -0.1) is 0 Å². The van der Waals surface area contributed by atoms with Gasteiger partial charge in [0.05, 0.1) is 6.04 Å². The summed E-state index contributed by atoms with van der Waals surface area (Å²) >= 11 is 0. The summed E-state index contributed by atoms with van der Waals surface area (Å²) < 4.78 is 16.8. The Bertz CT molecular complexity index is 755. The third-order valence-corrected chi connectivity index (χ3v) is 4.30. The summed E-state index contributed by atoms with van der Waals surface area (Å²) in [6.07, 6.45) is 0. The Kier molecular flexibility index (Phi) is 5.66. The molecule has 1 N–H and O–H groups in total. The molecule has 0 aromatic heterocycles. The minimum absolute atomic E-state index is 0.0170. The normalized spacial score (nSPS) is 14.0. The molecule has 0 bridgehead atoms. The van der Waals surface area contributed by atoms with Gasteiger partial charge in [0.1, 0.15) is 19.0 Å². The number of nitrogens with one attached hydrogen (secondary N) is 1. The number of benzene rings is 2. The monoisotopic (exact) mass is 355 g/mol. The fraction of sp³-hybridized carbons (Fsp3) is 0.381. The Morgan fingerprint density at radius 1 is 1.08 bits per heavy atom. The fourth-order valence-electron chi connectivity index (χ4n) is 2.89. The maximum Gasteiger partial charge on any atom is 0.258 e. The zero-order valence-electron chi connectivity index (χ0n) is 15.5. The van der Waals surface area contributed by atoms with Crippen molar-refractivity contribution in [3.05, 3.63) is 53.6 Å². The topological polar surface area (TPSA) is 56.8 Å². The summed E-state index contributed by atoms with van der Waals surface area (Å²) in [5, 5.41) is 3.06. The molecule has 3 rings (SSSR count). The van der Waals surface area contributed by atoms with E-state index in [4.69, 9.17) is 14.2 Å². The molecule has 0 saturated carbocycles. The quantitative estimate of drug-likeness (QED) is 0.859. The standard InChI is InChI=1S/C21H25NO4/c1-14(2)21(16-6-9-18-19(12-16)25-11-10-24-18)22-20(23)13-26-17-7-4-15(3)5-8-17/h4-9,12,14,21H,10-11,13H2,1-3H3,(H,22,23). The SMILES string of the molecule is Cc1ccc(OCC(=O)NC(c2ccc3c(c2)OCCO3)C(C)C)cc1. The molecule has 26 heavy (non-hydrogen) atoms. The van der Waals surface area contributed by atoms with Gasteiger partial charge >= 0.3 is 0 Å². The van der Waals surface area contributed by atoms with Crippen LogP contribution in [0.1, 0.15) is 31.0 Å². The molecule has 1 heterocycles. The third-order valence-electron chi connectivity index (χ3n) is 4.30. The molecule has 0 saturated heterocycles. The predicted molar refractivity (Wildman–Crippen MR) is 99.8 cm³/mol. The van der Waals surface area contributed by atoms with Gasteiger partial charge in [0.25, 0.3) is 5.91 Å². The first-order valence-corrected chi connectivity index (χ1v) is 8.91. The van der Waals surface area contributed by atoms with Crippen molar-refractivity contribution in [3.8, 4) is 17.2 Å². The van der Waals surface area contributed by atoms with Crippen molar-refractivity contribution in [1.82, 2.24) is 5.32 Å². The van der Waals surface area contributed by atoms with Gasteiger partial charge in [0, 0.05) is 0 Å². The Labute approximate surface area is 154 Å². The smallest absolute Gasteiger partial charge is 0.258 e. The minimum atomic E-state index is -0.154. The molecule has 1 unspecified atom stereocenters. The number of aryl methyl sites for hydroxylation is 1. The van der Waals surface area contributed by atoms with E-state index in [0.29, 0.717) is 19.0 Å². The van der Waals surface area contributed by atoms with Crippen molar-refractivity contribution in [3.63, 3.8) is 0 Å². The van der Waals surface area contributed by atoms with Gasteiger partial charge < -0.3 is 19.5 Å². The largest absolute Gasteiger partial charge is 0.486 e. The Morgan fingerprint density at radius 3 is 2.46 bits per heavy atom. The Morgan fingerprint density at radius 2 is 1.77 bits per heavy atom. The molecular formula is C21H25NO4. The summed E-state index contributed by atoms with van der Waals surface area (Å²) in [5.41, 5.74) is 2.15. The third kappa shape index (κ3) is 4.48. The van der Waals surface area contributed by atoms with E-state index in [9.17, 15) is 4.79 Å². The van der Waals surface area contributed by atoms with Crippen LogP contribution in [-0.2, 0) is 4.79 Å². The van der Waals surface area contributed by atoms with Gasteiger partial charge in [-0.3, -0.25) is 4.79 Å². The van der Waals surface area contributed by atoms with Crippen molar-refractivity contribution in [2.24, 2.45) is 5.92 Å². The van der Waals surface area contributed by atoms with Crippen LogP contribution in [0.3, 0.4) is 0 Å². The van der Waals surface area contributed by atoms with E-state index in [2.05, 4.69) is 19.2 Å². The molecule has 1 amide bonds. The van der Waals surface area contributed by atoms with Crippen LogP contribution < -0.4 is 19.5 Å². The van der Waals surface area contributed by atoms with Crippen molar-refractivity contribution in [2.75, 3.05) is 19.8 Å². The maximum absolute atomic E-state index is 12.4. The van der Waals surface area contributed by atoms with Gasteiger partial charge in [-0.1, -0.05) is 37.6 Å². The van der Waals surface area contributed by atoms with Crippen LogP contribution in [0.4, 0.5) is 0 Å². The van der Waals surface area contributed by atoms with Crippen LogP contribution in [0.2, 0.25) is 0 Å². The fourth-order valence-corrected chi connectivity index (χ4v) is 2.89. The average molecular weight is 355 g/mol. The lowest BCUT2D eigenvalue weighted by atomic mass is 9.95. The first-order chi connectivity index (χ1) is 12.5. The van der Waals surface area contributed by atoms with Crippen molar-refractivity contribution in [1.29, 1.82) is 0 Å². The van der Waals surface area contributed by atoms with Crippen molar-refractivity contribution >= 4 is 5.91 Å². The molecule has 0 fully saturated rings. The van der Waals surface area contributed by atoms with Crippen LogP contribution in [0.5, 0.6) is 17.2 Å². The second-order valence-corrected chi connectivity index (χ2v) is 6.79. The zero-order valence-corrected chi connectivity index (χ0v) is 15.5. The number of ether oxygens (including phenoxy) is 3. The summed E-state index contributed by atoms with van der Waals surface area (Å²) in [6, 6.07) is 13.3. The molecule has 2 aromatic rings. The van der Waals surface area contributed by atoms with E-state index in [-0.39, 0.29) is 24.5 Å². The number of fused-ring (bicyclic) bond motifs is 1. The maximum atomic E-state index is 12.4. The number of amides is 1. The van der Waals surface area contributed by atoms with Gasteiger partial charge in [0.15, 0.2) is 18.1 Å². The molecular weight excluding hydrogens is 330 g/mol. The molecule has 1 atom stereocenters. The first-order valence-electron chi connectivity index (χ1n) is 8.91. The Hall–Kier alpha value is -2.69. The number of hydrogen-bond acceptors (Lipinski definition) is 4. The summed E-state index contributed by atoms with van der Waals surface area (Å²) in [7, 11) is 0. The highest BCUT2D eigenvalue weighted by Crippen LogP contribution is 2.34. The van der Waals surface area contributed by atoms with Crippen LogP contribution >= 0.6 is 0 Å². The number of rotatable bonds is 6. The van der Waals surface area contributed by atoms with Crippen molar-refractivity contribution < 1.29 is 19.0 Å². The van der Waals surface area contributed by atoms with Crippen LogP contribution in [0.25, 0.3) is 0 Å². The van der Waals surface area contributed by atoms with E-state index in [0.717, 1.165) is 22.6 Å². The van der Waals surface area contributed by atoms with Gasteiger partial charge in [-0.05, 0) is 42.7 Å². The molecule has 0 aliphatic carbocycles. The number of carbonyl (C=O) groups excluding carboxylic acids is 1. The molecule has 2 aromatic carbocycles. The molecule has 5 nitrogen and oxygen atoms in total. The zero-order chi connectivity index (χ0) is 18.5. The van der Waals surface area contributed by atoms with E-state index >= 15 is 0 Å². The Balaban J connectivity index is 1.64. The van der Waals surface area contributed by atoms with Crippen molar-refractivity contribution in [2.45, 2.75) is 26.8 Å². The lowest BCUT2D eigenvalue weighted by molar-refractivity contribution is -0.124. The van der Waals surface area contributed by atoms with Gasteiger partial charge in [0.2, 0.25) is 0 Å². The molecule has 138 valence electrons. The van der Waals surface area contributed by atoms with E-state index in [1.807, 2.05) is 49.4 Å². The van der Waals surface area contributed by atoms with E-state index < -0.39 is 0 Å². The predicted octanol–water partition coefficient (Wildman–Crippen LogP) is 3.66. The minimum Gasteiger partial charge on any atom is -0.486 e. The summed E-state index contributed by atoms with van der Waals surface area (Å²) in [5.74, 6) is 2.23. The molecule has 0 radical (unpaired) electrons. The molecule has 0 spiro atoms.